The van der Waals surface area contributed by atoms with Crippen LogP contribution in [0.2, 0.25) is 0 Å². The molecule has 3 rings (SSSR count). The van der Waals surface area contributed by atoms with Gasteiger partial charge in [-0.25, -0.2) is 4.98 Å². The van der Waals surface area contributed by atoms with Crippen LogP contribution in [0.5, 0.6) is 5.88 Å². The first-order valence-electron chi connectivity index (χ1n) is 7.32. The van der Waals surface area contributed by atoms with E-state index in [1.807, 2.05) is 11.8 Å². The van der Waals surface area contributed by atoms with Crippen LogP contribution in [0.4, 0.5) is 0 Å². The standard InChI is InChI=1S/C15H20N2O2S/c18-15(17-12-3-1-2-4-12)11-5-7-16-14(9-11)19-13-6-8-20-10-13/h5,7,9,12-13H,1-4,6,8,10H2,(H,17,18)/t13-/m0/s1. The molecule has 1 saturated heterocycles. The van der Waals surface area contributed by atoms with E-state index < -0.39 is 0 Å². The molecule has 1 atom stereocenters. The van der Waals surface area contributed by atoms with Crippen molar-refractivity contribution in [1.82, 2.24) is 10.3 Å². The molecule has 2 heterocycles. The molecule has 108 valence electrons. The van der Waals surface area contributed by atoms with Crippen LogP contribution in [0.3, 0.4) is 0 Å². The summed E-state index contributed by atoms with van der Waals surface area (Å²) in [6.07, 6.45) is 7.58. The molecule has 20 heavy (non-hydrogen) atoms. The largest absolute Gasteiger partial charge is 0.473 e. The van der Waals surface area contributed by atoms with Gasteiger partial charge >= 0.3 is 0 Å². The average Bonchev–Trinajstić information content (AvgIpc) is 3.12. The lowest BCUT2D eigenvalue weighted by Crippen LogP contribution is -2.32. The van der Waals surface area contributed by atoms with Crippen molar-refractivity contribution in [3.8, 4) is 5.88 Å². The summed E-state index contributed by atoms with van der Waals surface area (Å²) in [4.78, 5) is 16.4. The third-order valence-electron chi connectivity index (χ3n) is 3.86. The van der Waals surface area contributed by atoms with Gasteiger partial charge in [0.15, 0.2) is 0 Å². The number of nitrogens with one attached hydrogen (secondary N) is 1. The summed E-state index contributed by atoms with van der Waals surface area (Å²) in [5, 5.41) is 3.09. The van der Waals surface area contributed by atoms with Gasteiger partial charge in [0.1, 0.15) is 6.10 Å². The number of carbonyl (C=O) groups excluding carboxylic acids is 1. The number of amides is 1. The van der Waals surface area contributed by atoms with Gasteiger partial charge in [0, 0.05) is 29.6 Å². The smallest absolute Gasteiger partial charge is 0.251 e. The van der Waals surface area contributed by atoms with E-state index in [4.69, 9.17) is 4.74 Å². The van der Waals surface area contributed by atoms with Crippen LogP contribution in [0.15, 0.2) is 18.3 Å². The molecule has 1 amide bonds. The monoisotopic (exact) mass is 292 g/mol. The summed E-state index contributed by atoms with van der Waals surface area (Å²) in [6, 6.07) is 3.85. The number of aromatic nitrogens is 1. The van der Waals surface area contributed by atoms with E-state index in [0.717, 1.165) is 30.8 Å². The van der Waals surface area contributed by atoms with Crippen molar-refractivity contribution < 1.29 is 9.53 Å². The molecule has 1 saturated carbocycles. The fourth-order valence-corrected chi connectivity index (χ4v) is 3.82. The maximum atomic E-state index is 12.2. The third kappa shape index (κ3) is 3.45. The molecular formula is C15H20N2O2S. The predicted molar refractivity (Wildman–Crippen MR) is 80.3 cm³/mol. The zero-order valence-corrected chi connectivity index (χ0v) is 12.3. The quantitative estimate of drug-likeness (QED) is 0.927. The number of hydrogen-bond acceptors (Lipinski definition) is 4. The molecule has 0 aromatic carbocycles. The Balaban J connectivity index is 1.61. The van der Waals surface area contributed by atoms with Crippen molar-refractivity contribution in [1.29, 1.82) is 0 Å². The number of carbonyl (C=O) groups is 1. The van der Waals surface area contributed by atoms with Crippen LogP contribution in [0, 0.1) is 0 Å². The van der Waals surface area contributed by atoms with E-state index in [9.17, 15) is 4.79 Å². The first kappa shape index (κ1) is 13.7. The van der Waals surface area contributed by atoms with Gasteiger partial charge in [0.25, 0.3) is 5.91 Å². The molecule has 1 aromatic rings. The first-order valence-corrected chi connectivity index (χ1v) is 8.48. The lowest BCUT2D eigenvalue weighted by atomic mass is 10.2. The van der Waals surface area contributed by atoms with E-state index in [1.165, 1.54) is 12.8 Å². The minimum atomic E-state index is -0.00931. The molecule has 1 aromatic heterocycles. The lowest BCUT2D eigenvalue weighted by molar-refractivity contribution is 0.0937. The van der Waals surface area contributed by atoms with Gasteiger partial charge in [-0.05, 0) is 31.1 Å². The Labute approximate surface area is 123 Å². The molecule has 0 bridgehead atoms. The second kappa shape index (κ2) is 6.48. The number of hydrogen-bond donors (Lipinski definition) is 1. The highest BCUT2D eigenvalue weighted by Crippen LogP contribution is 2.23. The van der Waals surface area contributed by atoms with Gasteiger partial charge in [-0.15, -0.1) is 0 Å². The minimum absolute atomic E-state index is 0.00931. The Kier molecular flexibility index (Phi) is 4.45. The van der Waals surface area contributed by atoms with Gasteiger partial charge in [0.05, 0.1) is 0 Å². The predicted octanol–water partition coefficient (Wildman–Crippen LogP) is 2.64. The van der Waals surface area contributed by atoms with Gasteiger partial charge in [0.2, 0.25) is 5.88 Å². The van der Waals surface area contributed by atoms with Crippen molar-refractivity contribution in [2.75, 3.05) is 11.5 Å². The van der Waals surface area contributed by atoms with Crippen molar-refractivity contribution in [3.63, 3.8) is 0 Å². The molecule has 2 fully saturated rings. The van der Waals surface area contributed by atoms with Crippen molar-refractivity contribution in [3.05, 3.63) is 23.9 Å². The number of rotatable bonds is 4. The van der Waals surface area contributed by atoms with Gasteiger partial charge < -0.3 is 10.1 Å². The first-order chi connectivity index (χ1) is 9.81. The SMILES string of the molecule is O=C(NC1CCCC1)c1ccnc(O[C@H]2CCSC2)c1. The maximum Gasteiger partial charge on any atom is 0.251 e. The number of nitrogens with zero attached hydrogens (tertiary/aromatic N) is 1. The zero-order valence-electron chi connectivity index (χ0n) is 11.5. The van der Waals surface area contributed by atoms with E-state index in [2.05, 4.69) is 10.3 Å². The molecule has 4 nitrogen and oxygen atoms in total. The Morgan fingerprint density at radius 1 is 1.35 bits per heavy atom. The number of thioether (sulfide) groups is 1. The van der Waals surface area contributed by atoms with Gasteiger partial charge in [-0.2, -0.15) is 11.8 Å². The van der Waals surface area contributed by atoms with Crippen molar-refractivity contribution >= 4 is 17.7 Å². The van der Waals surface area contributed by atoms with Crippen molar-refractivity contribution in [2.24, 2.45) is 0 Å². The fourth-order valence-electron chi connectivity index (χ4n) is 2.73. The summed E-state index contributed by atoms with van der Waals surface area (Å²) >= 11 is 1.90. The summed E-state index contributed by atoms with van der Waals surface area (Å²) in [5.41, 5.74) is 0.646. The highest BCUT2D eigenvalue weighted by molar-refractivity contribution is 7.99. The second-order valence-electron chi connectivity index (χ2n) is 5.44. The molecule has 0 unspecified atom stereocenters. The van der Waals surface area contributed by atoms with Crippen LogP contribution in [-0.2, 0) is 0 Å². The van der Waals surface area contributed by atoms with E-state index >= 15 is 0 Å². The molecule has 0 spiro atoms. The molecule has 1 N–H and O–H groups in total. The highest BCUT2D eigenvalue weighted by atomic mass is 32.2. The molecule has 2 aliphatic rings. The number of pyridine rings is 1. The summed E-state index contributed by atoms with van der Waals surface area (Å²) < 4.78 is 5.82. The Morgan fingerprint density at radius 3 is 2.95 bits per heavy atom. The molecule has 1 aliphatic heterocycles. The second-order valence-corrected chi connectivity index (χ2v) is 6.59. The third-order valence-corrected chi connectivity index (χ3v) is 4.99. The minimum Gasteiger partial charge on any atom is -0.473 e. The van der Waals surface area contributed by atoms with Crippen molar-refractivity contribution in [2.45, 2.75) is 44.2 Å². The van der Waals surface area contributed by atoms with Crippen LogP contribution >= 0.6 is 11.8 Å². The lowest BCUT2D eigenvalue weighted by Gasteiger charge is -2.14. The normalized spacial score (nSPS) is 22.9. The van der Waals surface area contributed by atoms with E-state index in [0.29, 0.717) is 17.5 Å². The van der Waals surface area contributed by atoms with Crippen LogP contribution in [-0.4, -0.2) is 34.5 Å². The Bertz CT molecular complexity index is 469. The van der Waals surface area contributed by atoms with E-state index in [-0.39, 0.29) is 12.0 Å². The Morgan fingerprint density at radius 2 is 2.20 bits per heavy atom. The van der Waals surface area contributed by atoms with Gasteiger partial charge in [-0.1, -0.05) is 12.8 Å². The highest BCUT2D eigenvalue weighted by Gasteiger charge is 2.20. The number of ether oxygens (including phenoxy) is 1. The summed E-state index contributed by atoms with van der Waals surface area (Å²) in [7, 11) is 0. The molecule has 1 aliphatic carbocycles. The molecular weight excluding hydrogens is 272 g/mol. The fraction of sp³-hybridized carbons (Fsp3) is 0.600. The topological polar surface area (TPSA) is 51.2 Å². The Hall–Kier alpha value is -1.23. The van der Waals surface area contributed by atoms with Gasteiger partial charge in [-0.3, -0.25) is 4.79 Å². The van der Waals surface area contributed by atoms with Crippen LogP contribution in [0.1, 0.15) is 42.5 Å². The molecule has 5 heteroatoms. The van der Waals surface area contributed by atoms with Crippen LogP contribution < -0.4 is 10.1 Å². The molecule has 0 radical (unpaired) electrons. The van der Waals surface area contributed by atoms with E-state index in [1.54, 1.807) is 18.3 Å². The zero-order chi connectivity index (χ0) is 13.8. The van der Waals surface area contributed by atoms with Crippen LogP contribution in [0.25, 0.3) is 0 Å². The summed E-state index contributed by atoms with van der Waals surface area (Å²) in [5.74, 6) is 2.72. The summed E-state index contributed by atoms with van der Waals surface area (Å²) in [6.45, 7) is 0. The maximum absolute atomic E-state index is 12.2. The average molecular weight is 292 g/mol.